The van der Waals surface area contributed by atoms with Crippen LogP contribution in [0.15, 0.2) is 84.9 Å². The quantitative estimate of drug-likeness (QED) is 0.176. The predicted octanol–water partition coefficient (Wildman–Crippen LogP) is 5.47. The zero-order valence-electron chi connectivity index (χ0n) is 22.3. The number of nitro benzene ring substituents is 1. The molecule has 42 heavy (non-hydrogen) atoms. The van der Waals surface area contributed by atoms with Gasteiger partial charge < -0.3 is 14.2 Å². The lowest BCUT2D eigenvalue weighted by Gasteiger charge is -2.40. The highest BCUT2D eigenvalue weighted by Gasteiger charge is 2.82. The van der Waals surface area contributed by atoms with Crippen LogP contribution >= 0.6 is 0 Å². The number of Topliss-reactive ketones (excluding diaryl/α,β-unsaturated/α-hetero) is 1. The number of nitro groups is 1. The van der Waals surface area contributed by atoms with E-state index >= 15 is 0 Å². The number of ketones is 1. The first kappa shape index (κ1) is 26.8. The molecule has 208 valence electrons. The Bertz CT molecular complexity index is 1730. The number of ether oxygens (including phenoxy) is 3. The second kappa shape index (κ2) is 10.5. The van der Waals surface area contributed by atoms with Gasteiger partial charge in [0, 0.05) is 18.1 Å². The number of nitrogens with zero attached hydrogens (tertiary/aromatic N) is 2. The number of para-hydroxylation sites is 2. The number of hydrogen-bond acceptors (Lipinski definition) is 7. The minimum Gasteiger partial charge on any atom is -0.489 e. The molecule has 1 saturated carbocycles. The van der Waals surface area contributed by atoms with Crippen LogP contribution in [-0.4, -0.2) is 28.4 Å². The minimum absolute atomic E-state index is 0.0591. The Kier molecular flexibility index (Phi) is 6.74. The number of allylic oxidation sites excluding steroid dienone is 2. The molecule has 1 amide bonds. The molecule has 1 saturated heterocycles. The molecule has 6 rings (SSSR count). The highest BCUT2D eigenvalue weighted by Crippen LogP contribution is 2.69. The summed E-state index contributed by atoms with van der Waals surface area (Å²) in [6.45, 7) is -0.0712. The number of rotatable bonds is 5. The van der Waals surface area contributed by atoms with Crippen molar-refractivity contribution in [3.05, 3.63) is 106 Å². The fraction of sp³-hybridized carbons (Fsp3) is 0.212. The van der Waals surface area contributed by atoms with Crippen LogP contribution in [0.2, 0.25) is 0 Å². The van der Waals surface area contributed by atoms with Crippen LogP contribution in [0, 0.1) is 34.3 Å². The first-order valence-corrected chi connectivity index (χ1v) is 13.3. The number of terminal acetylenes is 1. The van der Waals surface area contributed by atoms with Gasteiger partial charge in [0.05, 0.1) is 16.2 Å². The highest BCUT2D eigenvalue weighted by molar-refractivity contribution is 6.02. The number of epoxide rings is 1. The fourth-order valence-electron chi connectivity index (χ4n) is 5.93. The van der Waals surface area contributed by atoms with E-state index < -0.39 is 28.3 Å². The lowest BCUT2D eigenvalue weighted by Crippen LogP contribution is -2.58. The van der Waals surface area contributed by atoms with Crippen molar-refractivity contribution in [2.24, 2.45) is 0 Å². The molecule has 2 heterocycles. The van der Waals surface area contributed by atoms with Crippen LogP contribution in [0.1, 0.15) is 30.4 Å². The predicted molar refractivity (Wildman–Crippen MR) is 153 cm³/mol. The molecule has 0 aromatic heterocycles. The number of carbonyl (C=O) groups is 2. The van der Waals surface area contributed by atoms with Gasteiger partial charge in [-0.15, -0.1) is 6.42 Å². The van der Waals surface area contributed by atoms with Crippen LogP contribution in [0.3, 0.4) is 0 Å². The van der Waals surface area contributed by atoms with E-state index in [9.17, 15) is 19.7 Å². The lowest BCUT2D eigenvalue weighted by molar-refractivity contribution is -0.385. The van der Waals surface area contributed by atoms with Gasteiger partial charge in [-0.3, -0.25) is 19.8 Å². The average molecular weight is 561 g/mol. The number of hydrogen-bond donors (Lipinski definition) is 0. The van der Waals surface area contributed by atoms with E-state index in [1.165, 1.54) is 23.1 Å². The maximum atomic E-state index is 13.8. The third-order valence-corrected chi connectivity index (χ3v) is 7.75. The fourth-order valence-corrected chi connectivity index (χ4v) is 5.93. The van der Waals surface area contributed by atoms with Gasteiger partial charge >= 0.3 is 6.09 Å². The Hall–Kier alpha value is -5.38. The Morgan fingerprint density at radius 1 is 1.12 bits per heavy atom. The second-order valence-corrected chi connectivity index (χ2v) is 10.0. The zero-order valence-corrected chi connectivity index (χ0v) is 22.3. The Balaban J connectivity index is 1.43. The Morgan fingerprint density at radius 2 is 1.90 bits per heavy atom. The highest BCUT2D eigenvalue weighted by atomic mass is 16.6. The smallest absolute Gasteiger partial charge is 0.420 e. The maximum Gasteiger partial charge on any atom is 0.420 e. The Labute approximate surface area is 241 Å². The number of carbonyl (C=O) groups excluding carboxylic acids is 2. The van der Waals surface area contributed by atoms with Crippen LogP contribution in [-0.2, 0) is 21.7 Å². The number of amides is 1. The van der Waals surface area contributed by atoms with Gasteiger partial charge in [0.2, 0.25) is 0 Å². The second-order valence-electron chi connectivity index (χ2n) is 10.0. The molecule has 3 unspecified atom stereocenters. The van der Waals surface area contributed by atoms with Crippen molar-refractivity contribution < 1.29 is 28.7 Å². The largest absolute Gasteiger partial charge is 0.489 e. The summed E-state index contributed by atoms with van der Waals surface area (Å²) in [5.41, 5.74) is -1.19. The lowest BCUT2D eigenvalue weighted by atomic mass is 9.68. The molecular formula is C33H24N2O7. The molecule has 9 nitrogen and oxygen atoms in total. The standard InChI is InChI=1S/C33H24N2O7/c1-2-3-4-8-16-29-32-20-11-17-30(36)33(32,42-32)26-21-25(40-22-23-12-9-10-15-27(23)35(38)39)18-19-28(26)34(29)31(37)41-24-13-6-5-7-14-24/h1,3-7,9-10,12-15,18-19,21,29H,11,17,20,22H2/b4-3-. The molecule has 1 aliphatic carbocycles. The van der Waals surface area contributed by atoms with E-state index in [1.54, 1.807) is 60.7 Å². The van der Waals surface area contributed by atoms with Crippen LogP contribution in [0.4, 0.5) is 16.2 Å². The molecule has 9 heteroatoms. The van der Waals surface area contributed by atoms with Gasteiger partial charge in [-0.25, -0.2) is 4.79 Å². The van der Waals surface area contributed by atoms with Crippen LogP contribution in [0.5, 0.6) is 11.5 Å². The van der Waals surface area contributed by atoms with Gasteiger partial charge in [0.1, 0.15) is 29.7 Å². The number of anilines is 1. The summed E-state index contributed by atoms with van der Waals surface area (Å²) in [6.07, 6.45) is 8.97. The molecule has 0 spiro atoms. The summed E-state index contributed by atoms with van der Waals surface area (Å²) in [5.74, 6) is 9.00. The van der Waals surface area contributed by atoms with Crippen LogP contribution < -0.4 is 14.4 Å². The Morgan fingerprint density at radius 3 is 2.69 bits per heavy atom. The number of fused-ring (bicyclic) bond motifs is 1. The van der Waals surface area contributed by atoms with Gasteiger partial charge in [-0.05, 0) is 61.4 Å². The third-order valence-electron chi connectivity index (χ3n) is 7.75. The van der Waals surface area contributed by atoms with Crippen molar-refractivity contribution in [1.29, 1.82) is 0 Å². The molecule has 0 N–H and O–H groups in total. The summed E-state index contributed by atoms with van der Waals surface area (Å²) in [6, 6.07) is 19.1. The van der Waals surface area contributed by atoms with Gasteiger partial charge in [-0.2, -0.15) is 0 Å². The summed E-state index contributed by atoms with van der Waals surface area (Å²) in [4.78, 5) is 39.8. The van der Waals surface area contributed by atoms with Crippen molar-refractivity contribution in [2.75, 3.05) is 4.90 Å². The van der Waals surface area contributed by atoms with E-state index in [0.29, 0.717) is 47.6 Å². The maximum absolute atomic E-state index is 13.8. The summed E-state index contributed by atoms with van der Waals surface area (Å²) < 4.78 is 18.1. The molecule has 0 bridgehead atoms. The van der Waals surface area contributed by atoms with E-state index in [2.05, 4.69) is 17.8 Å². The SMILES string of the molecule is C#C/C=C\C#CC1N(C(=O)Oc2ccccc2)c2ccc(OCc3ccccc3[N+](=O)[O-])cc2C23OC12CCCC3=O. The van der Waals surface area contributed by atoms with Gasteiger partial charge in [0.15, 0.2) is 11.4 Å². The van der Waals surface area contributed by atoms with E-state index in [4.69, 9.17) is 20.6 Å². The summed E-state index contributed by atoms with van der Waals surface area (Å²) >= 11 is 0. The molecule has 3 atom stereocenters. The van der Waals surface area contributed by atoms with Gasteiger partial charge in [0.25, 0.3) is 5.69 Å². The van der Waals surface area contributed by atoms with Crippen molar-refractivity contribution in [1.82, 2.24) is 0 Å². The number of benzene rings is 3. The van der Waals surface area contributed by atoms with Crippen LogP contribution in [0.25, 0.3) is 0 Å². The molecule has 3 aromatic carbocycles. The van der Waals surface area contributed by atoms with E-state index in [1.807, 2.05) is 6.07 Å². The molecule has 3 aromatic rings. The first-order valence-electron chi connectivity index (χ1n) is 13.3. The van der Waals surface area contributed by atoms with Gasteiger partial charge in [-0.1, -0.05) is 48.1 Å². The topological polar surface area (TPSA) is 112 Å². The molecule has 3 aliphatic rings. The normalized spacial score (nSPS) is 23.4. The molecule has 2 aliphatic heterocycles. The van der Waals surface area contributed by atoms with Crippen molar-refractivity contribution in [3.63, 3.8) is 0 Å². The first-order chi connectivity index (χ1) is 20.4. The monoisotopic (exact) mass is 560 g/mol. The summed E-state index contributed by atoms with van der Waals surface area (Å²) in [7, 11) is 0. The molecule has 2 fully saturated rings. The third kappa shape index (κ3) is 4.28. The van der Waals surface area contributed by atoms with Crippen molar-refractivity contribution in [3.8, 4) is 35.7 Å². The molecular weight excluding hydrogens is 536 g/mol. The molecule has 0 radical (unpaired) electrons. The average Bonchev–Trinajstić information content (AvgIpc) is 3.72. The van der Waals surface area contributed by atoms with Crippen molar-refractivity contribution in [2.45, 2.75) is 43.1 Å². The summed E-state index contributed by atoms with van der Waals surface area (Å²) in [5, 5.41) is 11.5. The van der Waals surface area contributed by atoms with E-state index in [-0.39, 0.29) is 18.1 Å². The van der Waals surface area contributed by atoms with E-state index in [0.717, 1.165) is 0 Å². The van der Waals surface area contributed by atoms with Crippen molar-refractivity contribution >= 4 is 23.3 Å². The minimum atomic E-state index is -1.31. The zero-order chi connectivity index (χ0) is 29.3.